The van der Waals surface area contributed by atoms with Crippen LogP contribution in [-0.4, -0.2) is 50.7 Å². The number of carbonyl (C=O) groups excluding carboxylic acids is 2. The molecule has 0 bridgehead atoms. The molecule has 0 atom stereocenters. The SMILES string of the molecule is COCCCN(CCC(=O)OC)C(=O)/C=C/c1ccccc1. The van der Waals surface area contributed by atoms with Gasteiger partial charge in [-0.3, -0.25) is 9.59 Å². The minimum Gasteiger partial charge on any atom is -0.469 e. The average Bonchev–Trinajstić information content (AvgIpc) is 2.56. The highest BCUT2D eigenvalue weighted by atomic mass is 16.5. The van der Waals surface area contributed by atoms with Crippen LogP contribution in [0.1, 0.15) is 18.4 Å². The van der Waals surface area contributed by atoms with Crippen LogP contribution in [0.3, 0.4) is 0 Å². The van der Waals surface area contributed by atoms with E-state index in [0.29, 0.717) is 19.7 Å². The Morgan fingerprint density at radius 1 is 1.14 bits per heavy atom. The van der Waals surface area contributed by atoms with E-state index < -0.39 is 0 Å². The minimum atomic E-state index is -0.323. The molecular formula is C17H23NO4. The first-order valence-electron chi connectivity index (χ1n) is 7.25. The number of benzene rings is 1. The predicted octanol–water partition coefficient (Wildman–Crippen LogP) is 2.13. The van der Waals surface area contributed by atoms with Gasteiger partial charge in [-0.15, -0.1) is 0 Å². The largest absolute Gasteiger partial charge is 0.469 e. The Balaban J connectivity index is 2.61. The molecule has 1 aromatic rings. The summed E-state index contributed by atoms with van der Waals surface area (Å²) >= 11 is 0. The molecule has 0 heterocycles. The van der Waals surface area contributed by atoms with E-state index in [9.17, 15) is 9.59 Å². The summed E-state index contributed by atoms with van der Waals surface area (Å²) in [5.41, 5.74) is 0.959. The van der Waals surface area contributed by atoms with Gasteiger partial charge >= 0.3 is 5.97 Å². The van der Waals surface area contributed by atoms with E-state index >= 15 is 0 Å². The highest BCUT2D eigenvalue weighted by Gasteiger charge is 2.12. The van der Waals surface area contributed by atoms with Gasteiger partial charge in [0, 0.05) is 32.9 Å². The molecular weight excluding hydrogens is 282 g/mol. The van der Waals surface area contributed by atoms with Gasteiger partial charge in [0.1, 0.15) is 0 Å². The monoisotopic (exact) mass is 305 g/mol. The first-order valence-corrected chi connectivity index (χ1v) is 7.25. The quantitative estimate of drug-likeness (QED) is 0.398. The first-order chi connectivity index (χ1) is 10.7. The Hall–Kier alpha value is -2.14. The molecule has 0 fully saturated rings. The zero-order valence-electron chi connectivity index (χ0n) is 13.2. The van der Waals surface area contributed by atoms with Crippen molar-refractivity contribution >= 4 is 18.0 Å². The Morgan fingerprint density at radius 2 is 1.86 bits per heavy atom. The summed E-state index contributed by atoms with van der Waals surface area (Å²) in [6, 6.07) is 9.60. The second-order valence-electron chi connectivity index (χ2n) is 4.74. The number of esters is 1. The number of hydrogen-bond donors (Lipinski definition) is 0. The maximum Gasteiger partial charge on any atom is 0.307 e. The number of nitrogens with zero attached hydrogens (tertiary/aromatic N) is 1. The lowest BCUT2D eigenvalue weighted by Crippen LogP contribution is -2.33. The van der Waals surface area contributed by atoms with Crippen molar-refractivity contribution in [2.75, 3.05) is 33.9 Å². The third kappa shape index (κ3) is 7.04. The second-order valence-corrected chi connectivity index (χ2v) is 4.74. The van der Waals surface area contributed by atoms with E-state index in [-0.39, 0.29) is 18.3 Å². The van der Waals surface area contributed by atoms with Crippen molar-refractivity contribution in [3.8, 4) is 0 Å². The average molecular weight is 305 g/mol. The van der Waals surface area contributed by atoms with Crippen LogP contribution >= 0.6 is 0 Å². The van der Waals surface area contributed by atoms with Gasteiger partial charge in [0.15, 0.2) is 0 Å². The minimum absolute atomic E-state index is 0.121. The van der Waals surface area contributed by atoms with Gasteiger partial charge in [0.25, 0.3) is 0 Å². The number of ether oxygens (including phenoxy) is 2. The third-order valence-electron chi connectivity index (χ3n) is 3.12. The fourth-order valence-electron chi connectivity index (χ4n) is 1.90. The van der Waals surface area contributed by atoms with Gasteiger partial charge in [0.2, 0.25) is 5.91 Å². The molecule has 0 unspecified atom stereocenters. The van der Waals surface area contributed by atoms with Gasteiger partial charge < -0.3 is 14.4 Å². The molecule has 0 saturated carbocycles. The van der Waals surface area contributed by atoms with Crippen LogP contribution < -0.4 is 0 Å². The molecule has 0 saturated heterocycles. The molecule has 0 aliphatic carbocycles. The summed E-state index contributed by atoms with van der Waals surface area (Å²) < 4.78 is 9.62. The summed E-state index contributed by atoms with van der Waals surface area (Å²) in [6.45, 7) is 1.46. The number of rotatable bonds is 9. The van der Waals surface area contributed by atoms with Gasteiger partial charge in [-0.05, 0) is 18.1 Å². The van der Waals surface area contributed by atoms with Crippen LogP contribution in [0.2, 0.25) is 0 Å². The smallest absolute Gasteiger partial charge is 0.307 e. The van der Waals surface area contributed by atoms with E-state index in [1.54, 1.807) is 18.1 Å². The molecule has 1 aromatic carbocycles. The zero-order chi connectivity index (χ0) is 16.2. The molecule has 0 aliphatic heterocycles. The predicted molar refractivity (Wildman–Crippen MR) is 85.2 cm³/mol. The number of hydrogen-bond acceptors (Lipinski definition) is 4. The van der Waals surface area contributed by atoms with Crippen molar-refractivity contribution in [2.45, 2.75) is 12.8 Å². The van der Waals surface area contributed by atoms with E-state index in [4.69, 9.17) is 4.74 Å². The fourth-order valence-corrected chi connectivity index (χ4v) is 1.90. The van der Waals surface area contributed by atoms with Crippen LogP contribution in [0.4, 0.5) is 0 Å². The summed E-state index contributed by atoms with van der Waals surface area (Å²) in [4.78, 5) is 25.1. The molecule has 120 valence electrons. The van der Waals surface area contributed by atoms with Crippen molar-refractivity contribution in [1.29, 1.82) is 0 Å². The molecule has 0 spiro atoms. The maximum atomic E-state index is 12.3. The molecule has 0 aromatic heterocycles. The highest BCUT2D eigenvalue weighted by molar-refractivity contribution is 5.92. The van der Waals surface area contributed by atoms with Crippen molar-refractivity contribution in [1.82, 2.24) is 4.90 Å². The molecule has 1 amide bonds. The number of carbonyl (C=O) groups is 2. The van der Waals surface area contributed by atoms with Crippen molar-refractivity contribution in [3.05, 3.63) is 42.0 Å². The van der Waals surface area contributed by atoms with Crippen LogP contribution in [0, 0.1) is 0 Å². The van der Waals surface area contributed by atoms with Gasteiger partial charge in [-0.1, -0.05) is 30.3 Å². The van der Waals surface area contributed by atoms with Crippen molar-refractivity contribution < 1.29 is 19.1 Å². The van der Waals surface area contributed by atoms with Gasteiger partial charge in [0.05, 0.1) is 13.5 Å². The topological polar surface area (TPSA) is 55.8 Å². The normalized spacial score (nSPS) is 10.6. The summed E-state index contributed by atoms with van der Waals surface area (Å²) in [6.07, 6.45) is 4.21. The summed E-state index contributed by atoms with van der Waals surface area (Å²) in [5.74, 6) is -0.444. The van der Waals surface area contributed by atoms with E-state index in [1.165, 1.54) is 13.2 Å². The van der Waals surface area contributed by atoms with Gasteiger partial charge in [-0.25, -0.2) is 0 Å². The van der Waals surface area contributed by atoms with Crippen LogP contribution in [0.25, 0.3) is 6.08 Å². The van der Waals surface area contributed by atoms with Crippen molar-refractivity contribution in [2.24, 2.45) is 0 Å². The first kappa shape index (κ1) is 17.9. The van der Waals surface area contributed by atoms with E-state index in [0.717, 1.165) is 12.0 Å². The fraction of sp³-hybridized carbons (Fsp3) is 0.412. The zero-order valence-corrected chi connectivity index (χ0v) is 13.2. The molecule has 5 nitrogen and oxygen atoms in total. The van der Waals surface area contributed by atoms with E-state index in [1.807, 2.05) is 30.3 Å². The Bertz CT molecular complexity index is 485. The lowest BCUT2D eigenvalue weighted by molar-refractivity contribution is -0.141. The summed E-state index contributed by atoms with van der Waals surface area (Å²) in [5, 5.41) is 0. The lowest BCUT2D eigenvalue weighted by atomic mass is 10.2. The molecule has 0 radical (unpaired) electrons. The molecule has 5 heteroatoms. The maximum absolute atomic E-state index is 12.3. The Labute approximate surface area is 131 Å². The van der Waals surface area contributed by atoms with Crippen LogP contribution in [-0.2, 0) is 19.1 Å². The third-order valence-corrected chi connectivity index (χ3v) is 3.12. The van der Waals surface area contributed by atoms with Crippen LogP contribution in [0.15, 0.2) is 36.4 Å². The molecule has 0 aliphatic rings. The highest BCUT2D eigenvalue weighted by Crippen LogP contribution is 2.04. The standard InChI is InChI=1S/C17H23NO4/c1-21-14-6-12-18(13-11-17(20)22-2)16(19)10-9-15-7-4-3-5-8-15/h3-5,7-10H,6,11-14H2,1-2H3/b10-9+. The van der Waals surface area contributed by atoms with Gasteiger partial charge in [-0.2, -0.15) is 0 Å². The van der Waals surface area contributed by atoms with E-state index in [2.05, 4.69) is 4.74 Å². The Kier molecular flexibility index (Phi) is 8.60. The molecule has 22 heavy (non-hydrogen) atoms. The van der Waals surface area contributed by atoms with Crippen LogP contribution in [0.5, 0.6) is 0 Å². The molecule has 1 rings (SSSR count). The Morgan fingerprint density at radius 3 is 2.50 bits per heavy atom. The van der Waals surface area contributed by atoms with Crippen molar-refractivity contribution in [3.63, 3.8) is 0 Å². The molecule has 0 N–H and O–H groups in total. The second kappa shape index (κ2) is 10.6. The number of amides is 1. The summed E-state index contributed by atoms with van der Waals surface area (Å²) in [7, 11) is 2.96. The number of methoxy groups -OCH3 is 2. The lowest BCUT2D eigenvalue weighted by Gasteiger charge is -2.20.